The monoisotopic (exact) mass is 287 g/mol. The summed E-state index contributed by atoms with van der Waals surface area (Å²) in [6.45, 7) is 3.99. The van der Waals surface area contributed by atoms with Gasteiger partial charge in [0.05, 0.1) is 6.04 Å². The van der Waals surface area contributed by atoms with E-state index in [-0.39, 0.29) is 18.6 Å². The van der Waals surface area contributed by atoms with Crippen LogP contribution in [0.5, 0.6) is 0 Å². The molecule has 3 nitrogen and oxygen atoms in total. The van der Waals surface area contributed by atoms with Gasteiger partial charge in [0.1, 0.15) is 6.61 Å². The molecule has 0 fully saturated rings. The number of aliphatic hydroxyl groups excluding tert-OH is 1. The third-order valence-electron chi connectivity index (χ3n) is 3.33. The zero-order valence-electron chi connectivity index (χ0n) is 13.0. The Balaban J connectivity index is 2.51. The second-order valence-electron chi connectivity index (χ2n) is 5.19. The number of benzene rings is 1. The molecule has 3 heteroatoms. The van der Waals surface area contributed by atoms with Crippen LogP contribution in [0.4, 0.5) is 0 Å². The smallest absolute Gasteiger partial charge is 0.220 e. The van der Waals surface area contributed by atoms with Crippen molar-refractivity contribution in [2.45, 2.75) is 52.0 Å². The molecule has 1 amide bonds. The van der Waals surface area contributed by atoms with E-state index in [4.69, 9.17) is 5.11 Å². The first kappa shape index (κ1) is 17.3. The number of unbranched alkanes of at least 4 members (excludes halogenated alkanes) is 3. The molecule has 0 radical (unpaired) electrons. The van der Waals surface area contributed by atoms with Crippen LogP contribution in [-0.4, -0.2) is 17.6 Å². The largest absolute Gasteiger partial charge is 0.384 e. The number of aliphatic hydroxyl groups is 1. The van der Waals surface area contributed by atoms with E-state index < -0.39 is 0 Å². The number of rotatable bonds is 7. The molecule has 0 aliphatic heterocycles. The Morgan fingerprint density at radius 1 is 1.33 bits per heavy atom. The molecule has 2 N–H and O–H groups in total. The van der Waals surface area contributed by atoms with Gasteiger partial charge in [-0.15, -0.1) is 0 Å². The van der Waals surface area contributed by atoms with Crippen LogP contribution in [0.25, 0.3) is 0 Å². The Morgan fingerprint density at radius 2 is 2.14 bits per heavy atom. The molecular formula is C18H25NO2. The van der Waals surface area contributed by atoms with E-state index in [1.165, 1.54) is 12.8 Å². The van der Waals surface area contributed by atoms with Crippen LogP contribution in [0, 0.1) is 11.8 Å². The van der Waals surface area contributed by atoms with Crippen LogP contribution >= 0.6 is 0 Å². The Bertz CT molecular complexity index is 499. The quantitative estimate of drug-likeness (QED) is 0.598. The molecule has 1 unspecified atom stereocenters. The predicted octanol–water partition coefficient (Wildman–Crippen LogP) is 3.18. The molecule has 1 atom stereocenters. The molecule has 0 spiro atoms. The first-order valence-electron chi connectivity index (χ1n) is 7.66. The Kier molecular flexibility index (Phi) is 8.23. The molecule has 21 heavy (non-hydrogen) atoms. The molecule has 114 valence electrons. The lowest BCUT2D eigenvalue weighted by Gasteiger charge is -2.14. The highest BCUT2D eigenvalue weighted by Crippen LogP contribution is 2.14. The molecule has 1 aromatic carbocycles. The number of carbonyl (C=O) groups excluding carboxylic acids is 1. The number of carbonyl (C=O) groups is 1. The number of hydrogen-bond donors (Lipinski definition) is 2. The van der Waals surface area contributed by atoms with Gasteiger partial charge in [-0.3, -0.25) is 4.79 Å². The van der Waals surface area contributed by atoms with Gasteiger partial charge in [0, 0.05) is 12.0 Å². The van der Waals surface area contributed by atoms with E-state index in [0.717, 1.165) is 24.0 Å². The van der Waals surface area contributed by atoms with E-state index in [2.05, 4.69) is 24.1 Å². The number of amides is 1. The maximum absolute atomic E-state index is 11.9. The standard InChI is InChI=1S/C18H25NO2/c1-3-4-5-6-12-18(21)19-15(2)17-11-7-9-16(14-17)10-8-13-20/h7,9,11,14-15,20H,3-6,12-13H2,1-2H3,(H,19,21). The highest BCUT2D eigenvalue weighted by molar-refractivity contribution is 5.76. The van der Waals surface area contributed by atoms with Crippen LogP contribution in [0.3, 0.4) is 0 Å². The zero-order valence-corrected chi connectivity index (χ0v) is 13.0. The molecular weight excluding hydrogens is 262 g/mol. The summed E-state index contributed by atoms with van der Waals surface area (Å²) in [5.41, 5.74) is 1.88. The van der Waals surface area contributed by atoms with Gasteiger partial charge in [0.2, 0.25) is 5.91 Å². The van der Waals surface area contributed by atoms with Crippen LogP contribution in [0.1, 0.15) is 63.1 Å². The molecule has 0 saturated carbocycles. The summed E-state index contributed by atoms with van der Waals surface area (Å²) in [5.74, 6) is 5.61. The maximum Gasteiger partial charge on any atom is 0.220 e. The van der Waals surface area contributed by atoms with Gasteiger partial charge in [0.25, 0.3) is 0 Å². The second-order valence-corrected chi connectivity index (χ2v) is 5.19. The molecule has 0 aliphatic rings. The molecule has 0 bridgehead atoms. The summed E-state index contributed by atoms with van der Waals surface area (Å²) in [4.78, 5) is 11.9. The second kappa shape index (κ2) is 10.0. The first-order valence-corrected chi connectivity index (χ1v) is 7.66. The minimum atomic E-state index is -0.145. The maximum atomic E-state index is 11.9. The van der Waals surface area contributed by atoms with E-state index in [1.54, 1.807) is 0 Å². The fourth-order valence-corrected chi connectivity index (χ4v) is 2.14. The normalized spacial score (nSPS) is 11.4. The van der Waals surface area contributed by atoms with Crippen LogP contribution in [0.2, 0.25) is 0 Å². The number of nitrogens with one attached hydrogen (secondary N) is 1. The summed E-state index contributed by atoms with van der Waals surface area (Å²) in [7, 11) is 0. The fraction of sp³-hybridized carbons (Fsp3) is 0.500. The average molecular weight is 287 g/mol. The van der Waals surface area contributed by atoms with Crippen molar-refractivity contribution in [3.05, 3.63) is 35.4 Å². The van der Waals surface area contributed by atoms with Gasteiger partial charge in [0.15, 0.2) is 0 Å². The van der Waals surface area contributed by atoms with E-state index in [1.807, 2.05) is 31.2 Å². The van der Waals surface area contributed by atoms with Crippen molar-refractivity contribution in [3.63, 3.8) is 0 Å². The lowest BCUT2D eigenvalue weighted by Crippen LogP contribution is -2.26. The molecule has 1 rings (SSSR count). The third-order valence-corrected chi connectivity index (χ3v) is 3.33. The molecule has 0 aliphatic carbocycles. The van der Waals surface area contributed by atoms with Crippen molar-refractivity contribution in [2.24, 2.45) is 0 Å². The number of hydrogen-bond acceptors (Lipinski definition) is 2. The van der Waals surface area contributed by atoms with Crippen molar-refractivity contribution in [2.75, 3.05) is 6.61 Å². The van der Waals surface area contributed by atoms with Gasteiger partial charge < -0.3 is 10.4 Å². The molecule has 1 aromatic rings. The summed E-state index contributed by atoms with van der Waals surface area (Å²) in [5, 5.41) is 11.7. The van der Waals surface area contributed by atoms with Gasteiger partial charge >= 0.3 is 0 Å². The Morgan fingerprint density at radius 3 is 2.86 bits per heavy atom. The van der Waals surface area contributed by atoms with Crippen LogP contribution in [-0.2, 0) is 4.79 Å². The Labute approximate surface area is 127 Å². The lowest BCUT2D eigenvalue weighted by molar-refractivity contribution is -0.121. The van der Waals surface area contributed by atoms with Crippen LogP contribution in [0.15, 0.2) is 24.3 Å². The van der Waals surface area contributed by atoms with Gasteiger partial charge in [-0.05, 0) is 31.0 Å². The predicted molar refractivity (Wildman–Crippen MR) is 85.7 cm³/mol. The highest BCUT2D eigenvalue weighted by Gasteiger charge is 2.09. The SMILES string of the molecule is CCCCCCC(=O)NC(C)c1cccc(C#CCO)c1. The van der Waals surface area contributed by atoms with Gasteiger partial charge in [-0.2, -0.15) is 0 Å². The molecule has 0 heterocycles. The fourth-order valence-electron chi connectivity index (χ4n) is 2.14. The third kappa shape index (κ3) is 6.97. The Hall–Kier alpha value is -1.79. The summed E-state index contributed by atoms with van der Waals surface area (Å²) < 4.78 is 0. The summed E-state index contributed by atoms with van der Waals surface area (Å²) >= 11 is 0. The van der Waals surface area contributed by atoms with Crippen molar-refractivity contribution in [1.29, 1.82) is 0 Å². The molecule has 0 aromatic heterocycles. The van der Waals surface area contributed by atoms with Gasteiger partial charge in [-0.25, -0.2) is 0 Å². The lowest BCUT2D eigenvalue weighted by atomic mass is 10.0. The van der Waals surface area contributed by atoms with Crippen molar-refractivity contribution in [1.82, 2.24) is 5.32 Å². The zero-order chi connectivity index (χ0) is 15.5. The van der Waals surface area contributed by atoms with Gasteiger partial charge in [-0.1, -0.05) is 50.2 Å². The topological polar surface area (TPSA) is 49.3 Å². The molecule has 0 saturated heterocycles. The van der Waals surface area contributed by atoms with E-state index >= 15 is 0 Å². The summed E-state index contributed by atoms with van der Waals surface area (Å²) in [6, 6.07) is 7.71. The minimum Gasteiger partial charge on any atom is -0.384 e. The first-order chi connectivity index (χ1) is 10.2. The van der Waals surface area contributed by atoms with Crippen LogP contribution < -0.4 is 5.32 Å². The highest BCUT2D eigenvalue weighted by atomic mass is 16.2. The van der Waals surface area contributed by atoms with E-state index in [9.17, 15) is 4.79 Å². The van der Waals surface area contributed by atoms with Crippen molar-refractivity contribution in [3.8, 4) is 11.8 Å². The average Bonchev–Trinajstić information content (AvgIpc) is 2.50. The van der Waals surface area contributed by atoms with Crippen molar-refractivity contribution < 1.29 is 9.90 Å². The van der Waals surface area contributed by atoms with E-state index in [0.29, 0.717) is 6.42 Å². The summed E-state index contributed by atoms with van der Waals surface area (Å²) in [6.07, 6.45) is 5.03. The minimum absolute atomic E-state index is 0.0282. The van der Waals surface area contributed by atoms with Crippen molar-refractivity contribution >= 4 is 5.91 Å².